The van der Waals surface area contributed by atoms with Crippen LogP contribution in [0.3, 0.4) is 0 Å². The molecule has 1 fully saturated rings. The van der Waals surface area contributed by atoms with Crippen LogP contribution < -0.4 is 5.32 Å². The number of aliphatic carboxylic acids is 1. The minimum Gasteiger partial charge on any atom is -0.480 e. The van der Waals surface area contributed by atoms with Crippen LogP contribution in [0.15, 0.2) is 23.1 Å². The quantitative estimate of drug-likeness (QED) is 0.819. The van der Waals surface area contributed by atoms with E-state index < -0.39 is 27.8 Å². The van der Waals surface area contributed by atoms with Crippen molar-refractivity contribution < 1.29 is 23.1 Å². The molecule has 1 aromatic rings. The number of carbonyl (C=O) groups excluding carboxylic acids is 1. The van der Waals surface area contributed by atoms with Gasteiger partial charge in [0, 0.05) is 11.8 Å². The van der Waals surface area contributed by atoms with E-state index in [1.165, 1.54) is 12.1 Å². The third-order valence-electron chi connectivity index (χ3n) is 3.78. The summed E-state index contributed by atoms with van der Waals surface area (Å²) in [4.78, 5) is 23.6. The fourth-order valence-electron chi connectivity index (χ4n) is 2.34. The molecule has 0 bridgehead atoms. The number of carbonyl (C=O) groups is 2. The zero-order valence-corrected chi connectivity index (χ0v) is 13.3. The fraction of sp³-hybridized carbons (Fsp3) is 0.467. The van der Waals surface area contributed by atoms with Crippen molar-refractivity contribution >= 4 is 21.7 Å². The maximum absolute atomic E-state index is 12.4. The molecule has 1 unspecified atom stereocenters. The summed E-state index contributed by atoms with van der Waals surface area (Å²) in [5.74, 6) is -1.64. The normalized spacial score (nSPS) is 16.1. The molecule has 7 heteroatoms. The molecule has 0 heterocycles. The maximum Gasteiger partial charge on any atom is 0.326 e. The average molecular weight is 325 g/mol. The molecular weight excluding hydrogens is 306 g/mol. The number of aryl methyl sites for hydroxylation is 1. The van der Waals surface area contributed by atoms with Gasteiger partial charge in [-0.15, -0.1) is 0 Å². The van der Waals surface area contributed by atoms with Crippen LogP contribution in [0, 0.1) is 5.92 Å². The van der Waals surface area contributed by atoms with E-state index >= 15 is 0 Å². The molecule has 0 spiro atoms. The first-order valence-electron chi connectivity index (χ1n) is 7.10. The number of hydrogen-bond acceptors (Lipinski definition) is 4. The van der Waals surface area contributed by atoms with Crippen molar-refractivity contribution in [1.29, 1.82) is 0 Å². The summed E-state index contributed by atoms with van der Waals surface area (Å²) in [6, 6.07) is 3.45. The predicted octanol–water partition coefficient (Wildman–Crippen LogP) is 1.25. The van der Waals surface area contributed by atoms with Gasteiger partial charge in [-0.3, -0.25) is 4.79 Å². The Kier molecular flexibility index (Phi) is 4.55. The van der Waals surface area contributed by atoms with Gasteiger partial charge in [-0.2, -0.15) is 0 Å². The van der Waals surface area contributed by atoms with Crippen LogP contribution in [0.1, 0.15) is 35.7 Å². The van der Waals surface area contributed by atoms with Crippen molar-refractivity contribution in [2.45, 2.75) is 37.1 Å². The second-order valence-corrected chi connectivity index (χ2v) is 7.59. The van der Waals surface area contributed by atoms with Gasteiger partial charge in [-0.1, -0.05) is 13.0 Å². The standard InChI is InChI=1S/C15H19NO5S/c1-3-9-6-7-11(22(2,20)21)8-12(9)14(17)16-13(15(18)19)10-4-5-10/h6-8,10,13H,3-5H2,1-2H3,(H,16,17)(H,18,19). The molecule has 0 saturated heterocycles. The van der Waals surface area contributed by atoms with E-state index in [1.54, 1.807) is 6.07 Å². The van der Waals surface area contributed by atoms with Crippen molar-refractivity contribution in [3.05, 3.63) is 29.3 Å². The molecule has 0 aromatic heterocycles. The molecule has 6 nitrogen and oxygen atoms in total. The number of sulfone groups is 1. The van der Waals surface area contributed by atoms with Gasteiger partial charge >= 0.3 is 5.97 Å². The van der Waals surface area contributed by atoms with Crippen molar-refractivity contribution in [2.24, 2.45) is 5.92 Å². The first kappa shape index (κ1) is 16.5. The topological polar surface area (TPSA) is 101 Å². The van der Waals surface area contributed by atoms with Crippen molar-refractivity contribution in [2.75, 3.05) is 6.26 Å². The molecule has 120 valence electrons. The van der Waals surface area contributed by atoms with Gasteiger partial charge in [0.1, 0.15) is 6.04 Å². The van der Waals surface area contributed by atoms with Crippen molar-refractivity contribution in [1.82, 2.24) is 5.32 Å². The molecule has 2 N–H and O–H groups in total. The van der Waals surface area contributed by atoms with Crippen LogP contribution >= 0.6 is 0 Å². The highest BCUT2D eigenvalue weighted by Crippen LogP contribution is 2.33. The van der Waals surface area contributed by atoms with E-state index in [9.17, 15) is 23.1 Å². The van der Waals surface area contributed by atoms with Crippen LogP contribution in [-0.4, -0.2) is 37.7 Å². The second-order valence-electron chi connectivity index (χ2n) is 5.57. The number of benzene rings is 1. The van der Waals surface area contributed by atoms with Gasteiger partial charge in [0.25, 0.3) is 5.91 Å². The predicted molar refractivity (Wildman–Crippen MR) is 80.5 cm³/mol. The molecule has 1 atom stereocenters. The lowest BCUT2D eigenvalue weighted by molar-refractivity contribution is -0.139. The largest absolute Gasteiger partial charge is 0.480 e. The Morgan fingerprint density at radius 3 is 2.45 bits per heavy atom. The van der Waals surface area contributed by atoms with E-state index in [4.69, 9.17) is 0 Å². The average Bonchev–Trinajstić information content (AvgIpc) is 3.26. The van der Waals surface area contributed by atoms with Gasteiger partial charge in [0.15, 0.2) is 9.84 Å². The first-order chi connectivity index (χ1) is 10.2. The molecule has 0 radical (unpaired) electrons. The number of amides is 1. The molecule has 1 amide bonds. The summed E-state index contributed by atoms with van der Waals surface area (Å²) in [6.07, 6.45) is 3.18. The number of rotatable bonds is 6. The number of carboxylic acid groups (broad SMARTS) is 1. The van der Waals surface area contributed by atoms with E-state index in [0.717, 1.165) is 19.1 Å². The van der Waals surface area contributed by atoms with Gasteiger partial charge in [-0.05, 0) is 42.9 Å². The Balaban J connectivity index is 2.33. The molecular formula is C15H19NO5S. The zero-order chi connectivity index (χ0) is 16.5. The summed E-state index contributed by atoms with van der Waals surface area (Å²) in [5.41, 5.74) is 0.905. The minimum atomic E-state index is -3.43. The Hall–Kier alpha value is -1.89. The van der Waals surface area contributed by atoms with E-state index in [0.29, 0.717) is 12.0 Å². The Morgan fingerprint density at radius 1 is 1.36 bits per heavy atom. The summed E-state index contributed by atoms with van der Waals surface area (Å²) in [5, 5.41) is 11.7. The molecule has 22 heavy (non-hydrogen) atoms. The molecule has 1 aliphatic rings. The van der Waals surface area contributed by atoms with Crippen LogP contribution in [0.25, 0.3) is 0 Å². The molecule has 0 aliphatic heterocycles. The maximum atomic E-state index is 12.4. The Bertz CT molecular complexity index is 707. The van der Waals surface area contributed by atoms with Crippen molar-refractivity contribution in [3.63, 3.8) is 0 Å². The number of nitrogens with one attached hydrogen (secondary N) is 1. The van der Waals surface area contributed by atoms with Crippen LogP contribution in [0.2, 0.25) is 0 Å². The smallest absolute Gasteiger partial charge is 0.326 e. The van der Waals surface area contributed by atoms with Crippen molar-refractivity contribution in [3.8, 4) is 0 Å². The van der Waals surface area contributed by atoms with Gasteiger partial charge in [0.05, 0.1) is 4.90 Å². The summed E-state index contributed by atoms with van der Waals surface area (Å²) >= 11 is 0. The summed E-state index contributed by atoms with van der Waals surface area (Å²) < 4.78 is 23.3. The lowest BCUT2D eigenvalue weighted by Crippen LogP contribution is -2.42. The van der Waals surface area contributed by atoms with Gasteiger partial charge in [0.2, 0.25) is 0 Å². The summed E-state index contributed by atoms with van der Waals surface area (Å²) in [6.45, 7) is 1.85. The highest BCUT2D eigenvalue weighted by atomic mass is 32.2. The lowest BCUT2D eigenvalue weighted by atomic mass is 10.0. The van der Waals surface area contributed by atoms with Gasteiger partial charge in [-0.25, -0.2) is 13.2 Å². The van der Waals surface area contributed by atoms with Gasteiger partial charge < -0.3 is 10.4 Å². The van der Waals surface area contributed by atoms with E-state index in [-0.39, 0.29) is 16.4 Å². The monoisotopic (exact) mass is 325 g/mol. The number of hydrogen-bond donors (Lipinski definition) is 2. The Labute approximate surface area is 129 Å². The Morgan fingerprint density at radius 2 is 2.00 bits per heavy atom. The second kappa shape index (κ2) is 6.08. The molecule has 2 rings (SSSR count). The number of carboxylic acids is 1. The highest BCUT2D eigenvalue weighted by Gasteiger charge is 2.37. The van der Waals surface area contributed by atoms with E-state index in [2.05, 4.69) is 5.32 Å². The third-order valence-corrected chi connectivity index (χ3v) is 4.89. The van der Waals surface area contributed by atoms with E-state index in [1.807, 2.05) is 6.92 Å². The minimum absolute atomic E-state index is 0.0374. The fourth-order valence-corrected chi connectivity index (χ4v) is 2.98. The SMILES string of the molecule is CCc1ccc(S(C)(=O)=O)cc1C(=O)NC(C(=O)O)C1CC1. The highest BCUT2D eigenvalue weighted by molar-refractivity contribution is 7.90. The molecule has 1 aliphatic carbocycles. The molecule has 1 saturated carbocycles. The van der Waals surface area contributed by atoms with Crippen LogP contribution in [-0.2, 0) is 21.1 Å². The van der Waals surface area contributed by atoms with Crippen LogP contribution in [0.5, 0.6) is 0 Å². The zero-order valence-electron chi connectivity index (χ0n) is 12.5. The van der Waals surface area contributed by atoms with Crippen LogP contribution in [0.4, 0.5) is 0 Å². The molecule has 1 aromatic carbocycles. The summed E-state index contributed by atoms with van der Waals surface area (Å²) in [7, 11) is -3.43. The first-order valence-corrected chi connectivity index (χ1v) is 8.99. The third kappa shape index (κ3) is 3.65. The lowest BCUT2D eigenvalue weighted by Gasteiger charge is -2.15.